The van der Waals surface area contributed by atoms with Gasteiger partial charge in [-0.1, -0.05) is 6.92 Å². The average Bonchev–Trinajstić information content (AvgIpc) is 2.85. The second kappa shape index (κ2) is 5.98. The van der Waals surface area contributed by atoms with Crippen LogP contribution in [0.2, 0.25) is 0 Å². The van der Waals surface area contributed by atoms with Crippen LogP contribution in [0.15, 0.2) is 23.7 Å². The number of thiophene rings is 1. The number of fused-ring (bicyclic) bond motifs is 1. The Labute approximate surface area is 117 Å². The van der Waals surface area contributed by atoms with E-state index in [0.717, 1.165) is 15.8 Å². The van der Waals surface area contributed by atoms with Crippen molar-refractivity contribution in [2.75, 3.05) is 11.5 Å². The Kier molecular flexibility index (Phi) is 4.54. The molecule has 0 spiro atoms. The molecule has 2 aromatic rings. The largest absolute Gasteiger partial charge is 0.324 e. The van der Waals surface area contributed by atoms with Crippen LogP contribution in [0.25, 0.3) is 10.2 Å². The molecular formula is C13H18N2O2S2. The Balaban J connectivity index is 1.97. The van der Waals surface area contributed by atoms with Crippen molar-refractivity contribution in [2.24, 2.45) is 5.73 Å². The number of hydrogen-bond acceptors (Lipinski definition) is 5. The SMILES string of the molecule is CCS(=O)(=O)CCCC(N)c1cnc2ccsc2c1. The summed E-state index contributed by atoms with van der Waals surface area (Å²) in [5, 5.41) is 2.00. The van der Waals surface area contributed by atoms with Gasteiger partial charge in [0.1, 0.15) is 9.84 Å². The van der Waals surface area contributed by atoms with E-state index in [-0.39, 0.29) is 17.5 Å². The second-order valence-corrected chi connectivity index (χ2v) is 7.98. The quantitative estimate of drug-likeness (QED) is 0.889. The minimum absolute atomic E-state index is 0.147. The van der Waals surface area contributed by atoms with E-state index in [1.165, 1.54) is 0 Å². The Bertz CT molecular complexity index is 649. The van der Waals surface area contributed by atoms with Crippen molar-refractivity contribution in [3.8, 4) is 0 Å². The van der Waals surface area contributed by atoms with Crippen LogP contribution in [0.4, 0.5) is 0 Å². The standard InChI is InChI=1S/C13H18N2O2S2/c1-2-19(16,17)7-3-4-11(14)10-8-13-12(15-9-10)5-6-18-13/h5-6,8-9,11H,2-4,7,14H2,1H3. The highest BCUT2D eigenvalue weighted by Crippen LogP contribution is 2.23. The van der Waals surface area contributed by atoms with Crippen molar-refractivity contribution in [1.82, 2.24) is 4.98 Å². The lowest BCUT2D eigenvalue weighted by Gasteiger charge is -2.11. The van der Waals surface area contributed by atoms with Gasteiger partial charge in [-0.15, -0.1) is 11.3 Å². The number of sulfone groups is 1. The minimum Gasteiger partial charge on any atom is -0.324 e. The molecule has 2 heterocycles. The molecular weight excluding hydrogens is 280 g/mol. The van der Waals surface area contributed by atoms with Gasteiger partial charge < -0.3 is 5.73 Å². The minimum atomic E-state index is -2.89. The lowest BCUT2D eigenvalue weighted by Crippen LogP contribution is -2.14. The monoisotopic (exact) mass is 298 g/mol. The molecule has 0 fully saturated rings. The molecule has 2 rings (SSSR count). The summed E-state index contributed by atoms with van der Waals surface area (Å²) in [4.78, 5) is 4.35. The molecule has 0 aliphatic rings. The van der Waals surface area contributed by atoms with Crippen LogP contribution in [0.3, 0.4) is 0 Å². The lowest BCUT2D eigenvalue weighted by atomic mass is 10.1. The zero-order valence-corrected chi connectivity index (χ0v) is 12.5. The third-order valence-corrected chi connectivity index (χ3v) is 5.81. The number of nitrogens with two attached hydrogens (primary N) is 1. The van der Waals surface area contributed by atoms with Crippen LogP contribution in [-0.2, 0) is 9.84 Å². The van der Waals surface area contributed by atoms with E-state index in [0.29, 0.717) is 12.8 Å². The molecule has 0 saturated carbocycles. The lowest BCUT2D eigenvalue weighted by molar-refractivity contribution is 0.583. The molecule has 0 aromatic carbocycles. The van der Waals surface area contributed by atoms with Gasteiger partial charge in [-0.25, -0.2) is 8.42 Å². The third-order valence-electron chi connectivity index (χ3n) is 3.16. The highest BCUT2D eigenvalue weighted by Gasteiger charge is 2.11. The maximum Gasteiger partial charge on any atom is 0.150 e. The Morgan fingerprint density at radius 3 is 3.00 bits per heavy atom. The molecule has 2 N–H and O–H groups in total. The van der Waals surface area contributed by atoms with E-state index in [9.17, 15) is 8.42 Å². The van der Waals surface area contributed by atoms with Crippen LogP contribution in [-0.4, -0.2) is 24.9 Å². The van der Waals surface area contributed by atoms with Crippen LogP contribution in [0, 0.1) is 0 Å². The van der Waals surface area contributed by atoms with Crippen molar-refractivity contribution in [3.05, 3.63) is 29.3 Å². The van der Waals surface area contributed by atoms with E-state index < -0.39 is 9.84 Å². The van der Waals surface area contributed by atoms with Gasteiger partial charge in [-0.05, 0) is 35.9 Å². The molecule has 0 radical (unpaired) electrons. The molecule has 0 aliphatic heterocycles. The number of pyridine rings is 1. The number of aromatic nitrogens is 1. The number of rotatable bonds is 6. The van der Waals surface area contributed by atoms with E-state index in [1.807, 2.05) is 17.5 Å². The van der Waals surface area contributed by atoms with Crippen molar-refractivity contribution < 1.29 is 8.42 Å². The first-order chi connectivity index (χ1) is 9.02. The fraction of sp³-hybridized carbons (Fsp3) is 0.462. The predicted molar refractivity (Wildman–Crippen MR) is 80.1 cm³/mol. The molecule has 0 amide bonds. The van der Waals surface area contributed by atoms with Gasteiger partial charge in [0.25, 0.3) is 0 Å². The number of hydrogen-bond donors (Lipinski definition) is 1. The average molecular weight is 298 g/mol. The zero-order valence-electron chi connectivity index (χ0n) is 10.9. The molecule has 2 aromatic heterocycles. The van der Waals surface area contributed by atoms with Crippen LogP contribution >= 0.6 is 11.3 Å². The molecule has 1 unspecified atom stereocenters. The molecule has 19 heavy (non-hydrogen) atoms. The van der Waals surface area contributed by atoms with Gasteiger partial charge in [-0.3, -0.25) is 4.98 Å². The molecule has 4 nitrogen and oxygen atoms in total. The smallest absolute Gasteiger partial charge is 0.150 e. The van der Waals surface area contributed by atoms with Gasteiger partial charge in [-0.2, -0.15) is 0 Å². The molecule has 0 aliphatic carbocycles. The normalized spacial score (nSPS) is 13.8. The first-order valence-corrected chi connectivity index (χ1v) is 9.01. The Hall–Kier alpha value is -0.980. The highest BCUT2D eigenvalue weighted by atomic mass is 32.2. The van der Waals surface area contributed by atoms with Crippen LogP contribution in [0.1, 0.15) is 31.4 Å². The number of nitrogens with zero attached hydrogens (tertiary/aromatic N) is 1. The van der Waals surface area contributed by atoms with Gasteiger partial charge >= 0.3 is 0 Å². The topological polar surface area (TPSA) is 73.0 Å². The van der Waals surface area contributed by atoms with Crippen molar-refractivity contribution in [1.29, 1.82) is 0 Å². The zero-order chi connectivity index (χ0) is 13.9. The van der Waals surface area contributed by atoms with E-state index in [2.05, 4.69) is 4.98 Å². The summed E-state index contributed by atoms with van der Waals surface area (Å²) in [6.45, 7) is 1.67. The third kappa shape index (κ3) is 3.75. The second-order valence-electron chi connectivity index (χ2n) is 4.56. The summed E-state index contributed by atoms with van der Waals surface area (Å²) in [7, 11) is -2.89. The van der Waals surface area contributed by atoms with Gasteiger partial charge in [0.05, 0.1) is 16.0 Å². The van der Waals surface area contributed by atoms with Gasteiger partial charge in [0.15, 0.2) is 0 Å². The Morgan fingerprint density at radius 2 is 2.26 bits per heavy atom. The summed E-state index contributed by atoms with van der Waals surface area (Å²) < 4.78 is 23.9. The first-order valence-electron chi connectivity index (χ1n) is 6.31. The summed E-state index contributed by atoms with van der Waals surface area (Å²) in [5.74, 6) is 0.414. The van der Waals surface area contributed by atoms with Crippen molar-refractivity contribution in [3.63, 3.8) is 0 Å². The summed E-state index contributed by atoms with van der Waals surface area (Å²) >= 11 is 1.64. The fourth-order valence-corrected chi connectivity index (χ4v) is 3.58. The van der Waals surface area contributed by atoms with Crippen LogP contribution < -0.4 is 5.73 Å². The van der Waals surface area contributed by atoms with Crippen molar-refractivity contribution in [2.45, 2.75) is 25.8 Å². The molecule has 6 heteroatoms. The maximum absolute atomic E-state index is 11.4. The van der Waals surface area contributed by atoms with Crippen LogP contribution in [0.5, 0.6) is 0 Å². The molecule has 0 saturated heterocycles. The summed E-state index contributed by atoms with van der Waals surface area (Å²) in [5.41, 5.74) is 8.05. The predicted octanol–water partition coefficient (Wildman–Crippen LogP) is 2.51. The highest BCUT2D eigenvalue weighted by molar-refractivity contribution is 7.91. The van der Waals surface area contributed by atoms with Gasteiger partial charge in [0.2, 0.25) is 0 Å². The molecule has 0 bridgehead atoms. The van der Waals surface area contributed by atoms with E-state index in [1.54, 1.807) is 24.5 Å². The van der Waals surface area contributed by atoms with E-state index in [4.69, 9.17) is 5.73 Å². The fourth-order valence-electron chi connectivity index (χ4n) is 1.90. The summed E-state index contributed by atoms with van der Waals surface area (Å²) in [6.07, 6.45) is 3.05. The maximum atomic E-state index is 11.4. The first kappa shape index (κ1) is 14.4. The molecule has 1 atom stereocenters. The Morgan fingerprint density at radius 1 is 1.47 bits per heavy atom. The molecule has 104 valence electrons. The summed E-state index contributed by atoms with van der Waals surface area (Å²) in [6, 6.07) is 3.88. The van der Waals surface area contributed by atoms with E-state index >= 15 is 0 Å². The van der Waals surface area contributed by atoms with Gasteiger partial charge in [0, 0.05) is 18.0 Å². The van der Waals surface area contributed by atoms with Crippen molar-refractivity contribution >= 4 is 31.4 Å².